The van der Waals surface area contributed by atoms with E-state index in [2.05, 4.69) is 30.3 Å². The zero-order valence-electron chi connectivity index (χ0n) is 10.5. The van der Waals surface area contributed by atoms with Crippen LogP contribution in [0.15, 0.2) is 11.6 Å². The molecule has 1 saturated heterocycles. The number of hydrogen-bond acceptors (Lipinski definition) is 3. The van der Waals surface area contributed by atoms with Gasteiger partial charge in [0.2, 0.25) is 0 Å². The first-order valence-corrected chi connectivity index (χ1v) is 6.45. The maximum absolute atomic E-state index is 5.30. The first-order chi connectivity index (χ1) is 7.75. The van der Waals surface area contributed by atoms with Crippen LogP contribution in [0.5, 0.6) is 0 Å². The van der Waals surface area contributed by atoms with Gasteiger partial charge in [-0.15, -0.1) is 0 Å². The smallest absolute Gasteiger partial charge is 0.0650 e. The normalized spacial score (nSPS) is 31.8. The highest BCUT2D eigenvalue weighted by Crippen LogP contribution is 2.15. The Morgan fingerprint density at radius 2 is 2.44 bits per heavy atom. The SMILES string of the molecule is CC1CC(NCCC2=CCOCC2)CN1C. The topological polar surface area (TPSA) is 24.5 Å². The third-order valence-corrected chi connectivity index (χ3v) is 3.82. The summed E-state index contributed by atoms with van der Waals surface area (Å²) in [6.07, 6.45) is 5.86. The monoisotopic (exact) mass is 224 g/mol. The minimum atomic E-state index is 0.695. The Morgan fingerprint density at radius 3 is 3.06 bits per heavy atom. The lowest BCUT2D eigenvalue weighted by Crippen LogP contribution is -2.32. The predicted octanol–water partition coefficient (Wildman–Crippen LogP) is 1.41. The summed E-state index contributed by atoms with van der Waals surface area (Å²) < 4.78 is 5.30. The second kappa shape index (κ2) is 5.80. The van der Waals surface area contributed by atoms with E-state index in [1.54, 1.807) is 5.57 Å². The van der Waals surface area contributed by atoms with Crippen molar-refractivity contribution in [3.05, 3.63) is 11.6 Å². The van der Waals surface area contributed by atoms with Crippen LogP contribution in [0.2, 0.25) is 0 Å². The molecule has 1 N–H and O–H groups in total. The summed E-state index contributed by atoms with van der Waals surface area (Å²) in [5.41, 5.74) is 1.57. The van der Waals surface area contributed by atoms with Crippen LogP contribution in [-0.4, -0.2) is 50.3 Å². The summed E-state index contributed by atoms with van der Waals surface area (Å²) in [4.78, 5) is 2.44. The van der Waals surface area contributed by atoms with Crippen LogP contribution in [0.1, 0.15) is 26.2 Å². The van der Waals surface area contributed by atoms with Crippen LogP contribution in [0.4, 0.5) is 0 Å². The van der Waals surface area contributed by atoms with E-state index in [1.807, 2.05) is 0 Å². The molecule has 0 amide bonds. The first-order valence-electron chi connectivity index (χ1n) is 6.45. The zero-order valence-corrected chi connectivity index (χ0v) is 10.5. The number of ether oxygens (including phenoxy) is 1. The maximum atomic E-state index is 5.30. The molecular weight excluding hydrogens is 200 g/mol. The Labute approximate surface area is 98.8 Å². The molecule has 2 heterocycles. The predicted molar refractivity (Wildman–Crippen MR) is 66.6 cm³/mol. The molecule has 3 heteroatoms. The van der Waals surface area contributed by atoms with Crippen LogP contribution >= 0.6 is 0 Å². The molecule has 3 nitrogen and oxygen atoms in total. The Balaban J connectivity index is 1.63. The molecule has 0 spiro atoms. The Bertz CT molecular complexity index is 242. The van der Waals surface area contributed by atoms with Crippen molar-refractivity contribution in [3.63, 3.8) is 0 Å². The van der Waals surface area contributed by atoms with Gasteiger partial charge in [0.25, 0.3) is 0 Å². The van der Waals surface area contributed by atoms with Crippen LogP contribution < -0.4 is 5.32 Å². The van der Waals surface area contributed by atoms with Gasteiger partial charge in [0, 0.05) is 18.6 Å². The van der Waals surface area contributed by atoms with Crippen LogP contribution in [-0.2, 0) is 4.74 Å². The quantitative estimate of drug-likeness (QED) is 0.731. The standard InChI is InChI=1S/C13H24N2O/c1-11-9-13(10-15(11)2)14-6-3-12-4-7-16-8-5-12/h4,11,13-14H,3,5-10H2,1-2H3. The molecule has 92 valence electrons. The molecule has 16 heavy (non-hydrogen) atoms. The van der Waals surface area contributed by atoms with Crippen LogP contribution in [0.3, 0.4) is 0 Å². The fourth-order valence-electron chi connectivity index (χ4n) is 2.57. The van der Waals surface area contributed by atoms with Gasteiger partial charge < -0.3 is 15.0 Å². The third-order valence-electron chi connectivity index (χ3n) is 3.82. The summed E-state index contributed by atoms with van der Waals surface area (Å²) in [7, 11) is 2.22. The number of likely N-dealkylation sites (tertiary alicyclic amines) is 1. The van der Waals surface area contributed by atoms with E-state index in [9.17, 15) is 0 Å². The lowest BCUT2D eigenvalue weighted by atomic mass is 10.1. The van der Waals surface area contributed by atoms with Gasteiger partial charge in [-0.3, -0.25) is 0 Å². The summed E-state index contributed by atoms with van der Waals surface area (Å²) in [6, 6.07) is 1.43. The molecule has 2 atom stereocenters. The molecule has 2 rings (SSSR count). The largest absolute Gasteiger partial charge is 0.377 e. The second-order valence-corrected chi connectivity index (χ2v) is 5.11. The van der Waals surface area contributed by atoms with Gasteiger partial charge in [-0.1, -0.05) is 11.6 Å². The first kappa shape index (κ1) is 12.1. The highest BCUT2D eigenvalue weighted by molar-refractivity contribution is 5.05. The molecule has 0 aromatic rings. The van der Waals surface area contributed by atoms with Crippen molar-refractivity contribution >= 4 is 0 Å². The minimum Gasteiger partial charge on any atom is -0.377 e. The number of nitrogens with zero attached hydrogens (tertiary/aromatic N) is 1. The van der Waals surface area contributed by atoms with Gasteiger partial charge in [-0.05, 0) is 39.8 Å². The van der Waals surface area contributed by atoms with Gasteiger partial charge in [0.15, 0.2) is 0 Å². The van der Waals surface area contributed by atoms with Crippen molar-refractivity contribution in [2.75, 3.05) is 33.4 Å². The van der Waals surface area contributed by atoms with Gasteiger partial charge in [0.05, 0.1) is 13.2 Å². The van der Waals surface area contributed by atoms with E-state index in [0.29, 0.717) is 6.04 Å². The fourth-order valence-corrected chi connectivity index (χ4v) is 2.57. The molecule has 0 aromatic heterocycles. The Kier molecular flexibility index (Phi) is 4.38. The molecule has 0 radical (unpaired) electrons. The van der Waals surface area contributed by atoms with E-state index < -0.39 is 0 Å². The zero-order chi connectivity index (χ0) is 11.4. The lowest BCUT2D eigenvalue weighted by Gasteiger charge is -2.16. The molecule has 0 bridgehead atoms. The fraction of sp³-hybridized carbons (Fsp3) is 0.846. The van der Waals surface area contributed by atoms with Crippen molar-refractivity contribution in [1.82, 2.24) is 10.2 Å². The van der Waals surface area contributed by atoms with E-state index >= 15 is 0 Å². The highest BCUT2D eigenvalue weighted by Gasteiger charge is 2.25. The number of nitrogens with one attached hydrogen (secondary N) is 1. The van der Waals surface area contributed by atoms with Crippen molar-refractivity contribution in [2.45, 2.75) is 38.3 Å². The summed E-state index contributed by atoms with van der Waals surface area (Å²) >= 11 is 0. The van der Waals surface area contributed by atoms with E-state index in [4.69, 9.17) is 4.74 Å². The van der Waals surface area contributed by atoms with Crippen LogP contribution in [0.25, 0.3) is 0 Å². The Morgan fingerprint density at radius 1 is 1.56 bits per heavy atom. The molecule has 0 saturated carbocycles. The Hall–Kier alpha value is -0.380. The van der Waals surface area contributed by atoms with Crippen LogP contribution in [0, 0.1) is 0 Å². The van der Waals surface area contributed by atoms with Gasteiger partial charge >= 0.3 is 0 Å². The molecule has 2 aliphatic rings. The molecule has 0 aliphatic carbocycles. The maximum Gasteiger partial charge on any atom is 0.0650 e. The molecule has 0 aromatic carbocycles. The molecule has 1 fully saturated rings. The lowest BCUT2D eigenvalue weighted by molar-refractivity contribution is 0.153. The summed E-state index contributed by atoms with van der Waals surface area (Å²) in [5, 5.41) is 3.67. The number of likely N-dealkylation sites (N-methyl/N-ethyl adjacent to an activating group) is 1. The molecule has 2 unspecified atom stereocenters. The molecule has 2 aliphatic heterocycles. The van der Waals surface area contributed by atoms with Gasteiger partial charge in [-0.2, -0.15) is 0 Å². The summed E-state index contributed by atoms with van der Waals surface area (Å²) in [6.45, 7) is 6.36. The average molecular weight is 224 g/mol. The average Bonchev–Trinajstić information content (AvgIpc) is 2.60. The van der Waals surface area contributed by atoms with Gasteiger partial charge in [-0.25, -0.2) is 0 Å². The van der Waals surface area contributed by atoms with Crippen molar-refractivity contribution in [1.29, 1.82) is 0 Å². The van der Waals surface area contributed by atoms with Crippen molar-refractivity contribution in [3.8, 4) is 0 Å². The van der Waals surface area contributed by atoms with Crippen molar-refractivity contribution < 1.29 is 4.74 Å². The highest BCUT2D eigenvalue weighted by atomic mass is 16.5. The summed E-state index contributed by atoms with van der Waals surface area (Å²) in [5.74, 6) is 0. The van der Waals surface area contributed by atoms with E-state index in [1.165, 1.54) is 19.4 Å². The second-order valence-electron chi connectivity index (χ2n) is 5.11. The number of rotatable bonds is 4. The minimum absolute atomic E-state index is 0.695. The van der Waals surface area contributed by atoms with E-state index in [0.717, 1.165) is 32.2 Å². The van der Waals surface area contributed by atoms with Gasteiger partial charge in [0.1, 0.15) is 0 Å². The molecular formula is C13H24N2O. The van der Waals surface area contributed by atoms with E-state index in [-0.39, 0.29) is 0 Å². The third kappa shape index (κ3) is 3.30. The number of hydrogen-bond donors (Lipinski definition) is 1. The van der Waals surface area contributed by atoms with Crippen molar-refractivity contribution in [2.24, 2.45) is 0 Å².